The summed E-state index contributed by atoms with van der Waals surface area (Å²) >= 11 is 0. The molecule has 0 aliphatic carbocycles. The zero-order chi connectivity index (χ0) is 18.0. The third-order valence-electron chi connectivity index (χ3n) is 4.81. The molecular weight excluding hydrogens is 326 g/mol. The van der Waals surface area contributed by atoms with Gasteiger partial charge >= 0.3 is 6.03 Å². The van der Waals surface area contributed by atoms with Gasteiger partial charge in [-0.1, -0.05) is 30.3 Å². The number of piperidine rings is 1. The van der Waals surface area contributed by atoms with Crippen molar-refractivity contribution in [1.82, 2.24) is 20.6 Å². The molecule has 0 radical (unpaired) electrons. The minimum atomic E-state index is -0.0607. The summed E-state index contributed by atoms with van der Waals surface area (Å²) in [5, 5.41) is 5.96. The lowest BCUT2D eigenvalue weighted by atomic mass is 9.97. The molecular formula is C20H27N5O. The van der Waals surface area contributed by atoms with Gasteiger partial charge in [0.05, 0.1) is 6.20 Å². The fraction of sp³-hybridized carbons (Fsp3) is 0.450. The first-order valence-electron chi connectivity index (χ1n) is 9.38. The first-order valence-corrected chi connectivity index (χ1v) is 9.38. The zero-order valence-corrected chi connectivity index (χ0v) is 15.1. The fourth-order valence-electron chi connectivity index (χ4n) is 3.26. The number of urea groups is 1. The summed E-state index contributed by atoms with van der Waals surface area (Å²) in [6.45, 7) is 3.36. The number of aryl methyl sites for hydroxylation is 1. The molecule has 2 aromatic rings. The molecule has 1 saturated heterocycles. The van der Waals surface area contributed by atoms with E-state index >= 15 is 0 Å². The summed E-state index contributed by atoms with van der Waals surface area (Å²) < 4.78 is 0. The summed E-state index contributed by atoms with van der Waals surface area (Å²) in [4.78, 5) is 22.7. The monoisotopic (exact) mass is 353 g/mol. The van der Waals surface area contributed by atoms with Crippen LogP contribution in [-0.2, 0) is 6.42 Å². The molecule has 1 fully saturated rings. The summed E-state index contributed by atoms with van der Waals surface area (Å²) in [7, 11) is 0. The lowest BCUT2D eigenvalue weighted by molar-refractivity contribution is 0.237. The molecule has 0 spiro atoms. The van der Waals surface area contributed by atoms with Gasteiger partial charge in [-0.05, 0) is 37.2 Å². The Morgan fingerprint density at radius 3 is 2.65 bits per heavy atom. The van der Waals surface area contributed by atoms with Crippen molar-refractivity contribution in [2.24, 2.45) is 5.92 Å². The van der Waals surface area contributed by atoms with Gasteiger partial charge in [0, 0.05) is 38.6 Å². The van der Waals surface area contributed by atoms with Gasteiger partial charge in [0.2, 0.25) is 0 Å². The number of benzene rings is 1. The zero-order valence-electron chi connectivity index (χ0n) is 15.1. The maximum absolute atomic E-state index is 11.9. The van der Waals surface area contributed by atoms with Crippen LogP contribution in [0.3, 0.4) is 0 Å². The van der Waals surface area contributed by atoms with Gasteiger partial charge in [0.25, 0.3) is 0 Å². The van der Waals surface area contributed by atoms with Crippen LogP contribution in [-0.4, -0.2) is 42.2 Å². The molecule has 2 N–H and O–H groups in total. The lowest BCUT2D eigenvalue weighted by Gasteiger charge is -2.32. The molecule has 1 aliphatic rings. The Kier molecular flexibility index (Phi) is 6.81. The van der Waals surface area contributed by atoms with Crippen LogP contribution < -0.4 is 15.5 Å². The maximum atomic E-state index is 11.9. The van der Waals surface area contributed by atoms with Crippen molar-refractivity contribution in [3.63, 3.8) is 0 Å². The molecule has 0 atom stereocenters. The third kappa shape index (κ3) is 5.72. The number of amides is 2. The van der Waals surface area contributed by atoms with E-state index in [9.17, 15) is 4.79 Å². The molecule has 1 aromatic heterocycles. The molecule has 0 unspecified atom stereocenters. The quantitative estimate of drug-likeness (QED) is 0.751. The third-order valence-corrected chi connectivity index (χ3v) is 4.81. The van der Waals surface area contributed by atoms with Gasteiger partial charge < -0.3 is 15.5 Å². The number of nitrogens with one attached hydrogen (secondary N) is 2. The molecule has 1 aliphatic heterocycles. The summed E-state index contributed by atoms with van der Waals surface area (Å²) in [6.07, 6.45) is 9.29. The lowest BCUT2D eigenvalue weighted by Crippen LogP contribution is -2.42. The highest BCUT2D eigenvalue weighted by molar-refractivity contribution is 5.73. The van der Waals surface area contributed by atoms with E-state index in [1.165, 1.54) is 5.56 Å². The number of rotatable bonds is 7. The highest BCUT2D eigenvalue weighted by atomic mass is 16.2. The van der Waals surface area contributed by atoms with Crippen LogP contribution in [0, 0.1) is 5.92 Å². The normalized spacial score (nSPS) is 14.8. The highest BCUT2D eigenvalue weighted by Crippen LogP contribution is 2.20. The second-order valence-electron chi connectivity index (χ2n) is 6.72. The van der Waals surface area contributed by atoms with Crippen molar-refractivity contribution in [2.75, 3.05) is 31.1 Å². The van der Waals surface area contributed by atoms with Crippen molar-refractivity contribution < 1.29 is 4.79 Å². The van der Waals surface area contributed by atoms with Gasteiger partial charge in [0.15, 0.2) is 0 Å². The second kappa shape index (κ2) is 9.75. The highest BCUT2D eigenvalue weighted by Gasteiger charge is 2.20. The average molecular weight is 353 g/mol. The topological polar surface area (TPSA) is 70.2 Å². The largest absolute Gasteiger partial charge is 0.355 e. The molecule has 6 heteroatoms. The number of aromatic nitrogens is 2. The summed E-state index contributed by atoms with van der Waals surface area (Å²) in [5.41, 5.74) is 1.31. The van der Waals surface area contributed by atoms with Crippen LogP contribution >= 0.6 is 0 Å². The van der Waals surface area contributed by atoms with Gasteiger partial charge in [-0.3, -0.25) is 4.98 Å². The van der Waals surface area contributed by atoms with Crippen LogP contribution in [0.4, 0.5) is 10.6 Å². The van der Waals surface area contributed by atoms with Crippen molar-refractivity contribution in [3.8, 4) is 0 Å². The molecule has 26 heavy (non-hydrogen) atoms. The fourth-order valence-corrected chi connectivity index (χ4v) is 3.26. The van der Waals surface area contributed by atoms with Crippen LogP contribution in [0.25, 0.3) is 0 Å². The Balaban J connectivity index is 1.27. The minimum Gasteiger partial charge on any atom is -0.355 e. The SMILES string of the molecule is O=C(NCCCc1ccccc1)NCC1CCN(c2cnccn2)CC1. The van der Waals surface area contributed by atoms with Crippen LogP contribution in [0.1, 0.15) is 24.8 Å². The van der Waals surface area contributed by atoms with E-state index in [1.807, 2.05) is 24.4 Å². The van der Waals surface area contributed by atoms with Crippen LogP contribution in [0.15, 0.2) is 48.9 Å². The van der Waals surface area contributed by atoms with E-state index in [0.29, 0.717) is 12.5 Å². The van der Waals surface area contributed by atoms with Crippen molar-refractivity contribution in [1.29, 1.82) is 0 Å². The molecule has 1 aromatic carbocycles. The Morgan fingerprint density at radius 2 is 1.92 bits per heavy atom. The van der Waals surface area contributed by atoms with Gasteiger partial charge in [-0.2, -0.15) is 0 Å². The van der Waals surface area contributed by atoms with Crippen molar-refractivity contribution >= 4 is 11.8 Å². The van der Waals surface area contributed by atoms with E-state index < -0.39 is 0 Å². The first-order chi connectivity index (χ1) is 12.8. The molecule has 3 rings (SSSR count). The summed E-state index contributed by atoms with van der Waals surface area (Å²) in [6, 6.07) is 10.3. The average Bonchev–Trinajstić information content (AvgIpc) is 2.71. The Bertz CT molecular complexity index is 656. The number of carbonyl (C=O) groups is 1. The van der Waals surface area contributed by atoms with E-state index in [1.54, 1.807) is 12.4 Å². The maximum Gasteiger partial charge on any atom is 0.314 e. The Morgan fingerprint density at radius 1 is 1.12 bits per heavy atom. The van der Waals surface area contributed by atoms with Crippen LogP contribution in [0.5, 0.6) is 0 Å². The predicted octanol–water partition coefficient (Wildman–Crippen LogP) is 2.63. The van der Waals surface area contributed by atoms with E-state index in [-0.39, 0.29) is 6.03 Å². The second-order valence-corrected chi connectivity index (χ2v) is 6.72. The molecule has 138 valence electrons. The molecule has 2 heterocycles. The molecule has 0 saturated carbocycles. The predicted molar refractivity (Wildman–Crippen MR) is 103 cm³/mol. The van der Waals surface area contributed by atoms with E-state index in [2.05, 4.69) is 37.6 Å². The van der Waals surface area contributed by atoms with Gasteiger partial charge in [-0.15, -0.1) is 0 Å². The molecule has 2 amide bonds. The number of nitrogens with zero attached hydrogens (tertiary/aromatic N) is 3. The van der Waals surface area contributed by atoms with E-state index in [4.69, 9.17) is 0 Å². The number of carbonyl (C=O) groups excluding carboxylic acids is 1. The number of hydrogen-bond donors (Lipinski definition) is 2. The van der Waals surface area contributed by atoms with Gasteiger partial charge in [-0.25, -0.2) is 9.78 Å². The Labute approximate surface area is 155 Å². The number of hydrogen-bond acceptors (Lipinski definition) is 4. The van der Waals surface area contributed by atoms with Crippen molar-refractivity contribution in [2.45, 2.75) is 25.7 Å². The molecule has 0 bridgehead atoms. The van der Waals surface area contributed by atoms with Crippen LogP contribution in [0.2, 0.25) is 0 Å². The van der Waals surface area contributed by atoms with Crippen molar-refractivity contribution in [3.05, 3.63) is 54.5 Å². The smallest absolute Gasteiger partial charge is 0.314 e. The minimum absolute atomic E-state index is 0.0607. The van der Waals surface area contributed by atoms with Gasteiger partial charge in [0.1, 0.15) is 5.82 Å². The summed E-state index contributed by atoms with van der Waals surface area (Å²) in [5.74, 6) is 1.47. The standard InChI is InChI=1S/C20H27N5O/c26-20(23-10-4-7-17-5-2-1-3-6-17)24-15-18-8-13-25(14-9-18)19-16-21-11-12-22-19/h1-3,5-6,11-12,16,18H,4,7-10,13-15H2,(H2,23,24,26). The Hall–Kier alpha value is -2.63. The molecule has 6 nitrogen and oxygen atoms in total. The first kappa shape index (κ1) is 18.2. The number of anilines is 1. The van der Waals surface area contributed by atoms with E-state index in [0.717, 1.165) is 51.1 Å².